The molecule has 2 heteroatoms. The Morgan fingerprint density at radius 3 is 1.62 bits per heavy atom. The van der Waals surface area contributed by atoms with Crippen molar-refractivity contribution in [2.75, 3.05) is 0 Å². The molecule has 0 aliphatic carbocycles. The first kappa shape index (κ1) is 12.6. The van der Waals surface area contributed by atoms with Gasteiger partial charge in [-0.3, -0.25) is 0 Å². The molecule has 0 saturated heterocycles. The van der Waals surface area contributed by atoms with E-state index in [4.69, 9.17) is 11.6 Å². The molecule has 0 atom stereocenters. The third kappa shape index (κ3) is 6.71. The molecule has 0 amide bonds. The maximum atomic E-state index is 5.54. The molecule has 0 aromatic heterocycles. The van der Waals surface area contributed by atoms with Gasteiger partial charge in [-0.1, -0.05) is 29.8 Å². The number of hydrogen-bond donors (Lipinski definition) is 0. The summed E-state index contributed by atoms with van der Waals surface area (Å²) >= 11 is 5.54. The second kappa shape index (κ2) is 8.19. The fourth-order valence-electron chi connectivity index (χ4n) is 0.735. The average Bonchev–Trinajstić information content (AvgIpc) is 2.62. The molecule has 13 heavy (non-hydrogen) atoms. The van der Waals surface area contributed by atoms with E-state index in [9.17, 15) is 0 Å². The van der Waals surface area contributed by atoms with Gasteiger partial charge in [0.15, 0.2) is 0 Å². The van der Waals surface area contributed by atoms with Gasteiger partial charge in [-0.25, -0.2) is 12.1 Å². The molecule has 0 fully saturated rings. The zero-order valence-electron chi connectivity index (χ0n) is 7.15. The van der Waals surface area contributed by atoms with E-state index >= 15 is 0 Å². The van der Waals surface area contributed by atoms with Gasteiger partial charge in [0.2, 0.25) is 0 Å². The summed E-state index contributed by atoms with van der Waals surface area (Å²) in [6, 6.07) is 19.4. The van der Waals surface area contributed by atoms with E-state index in [0.29, 0.717) is 0 Å². The fraction of sp³-hybridized carbons (Fsp3) is 0. The van der Waals surface area contributed by atoms with E-state index in [1.807, 2.05) is 60.7 Å². The topological polar surface area (TPSA) is 0 Å². The maximum Gasteiger partial charge on any atom is 0.0405 e. The summed E-state index contributed by atoms with van der Waals surface area (Å²) in [5.41, 5.74) is 0. The van der Waals surface area contributed by atoms with Crippen LogP contribution in [0.5, 0.6) is 0 Å². The summed E-state index contributed by atoms with van der Waals surface area (Å²) in [4.78, 5) is 0. The maximum absolute atomic E-state index is 5.54. The van der Waals surface area contributed by atoms with Crippen LogP contribution in [0.4, 0.5) is 0 Å². The SMILES string of the molecule is Clc1ccccc1.[Ti].c1cc[cH-]c1. The monoisotopic (exact) mass is 225 g/mol. The second-order valence-corrected chi connectivity index (χ2v) is 2.69. The van der Waals surface area contributed by atoms with Crippen molar-refractivity contribution in [1.82, 2.24) is 0 Å². The molecule has 0 N–H and O–H groups in total. The van der Waals surface area contributed by atoms with Gasteiger partial charge in [0.05, 0.1) is 0 Å². The van der Waals surface area contributed by atoms with Crippen LogP contribution in [0.2, 0.25) is 5.02 Å². The number of benzene rings is 1. The van der Waals surface area contributed by atoms with Crippen molar-refractivity contribution in [3.63, 3.8) is 0 Å². The van der Waals surface area contributed by atoms with Gasteiger partial charge in [-0.05, 0) is 12.1 Å². The molecule has 0 bridgehead atoms. The largest absolute Gasteiger partial charge is 0.214 e. The Labute approximate surface area is 98.8 Å². The first-order valence-electron chi connectivity index (χ1n) is 3.77. The summed E-state index contributed by atoms with van der Waals surface area (Å²) in [6.07, 6.45) is 0. The Morgan fingerprint density at radius 2 is 1.38 bits per heavy atom. The number of hydrogen-bond acceptors (Lipinski definition) is 0. The van der Waals surface area contributed by atoms with E-state index < -0.39 is 0 Å². The minimum atomic E-state index is 0. The Bertz CT molecular complexity index is 259. The normalized spacial score (nSPS) is 7.77. The summed E-state index contributed by atoms with van der Waals surface area (Å²) in [7, 11) is 0. The van der Waals surface area contributed by atoms with Crippen molar-refractivity contribution in [2.24, 2.45) is 0 Å². The van der Waals surface area contributed by atoms with Crippen molar-refractivity contribution in [2.45, 2.75) is 0 Å². The molecule has 0 unspecified atom stereocenters. The number of rotatable bonds is 0. The minimum Gasteiger partial charge on any atom is -0.214 e. The number of halogens is 1. The first-order valence-corrected chi connectivity index (χ1v) is 4.14. The van der Waals surface area contributed by atoms with Crippen LogP contribution in [0, 0.1) is 0 Å². The summed E-state index contributed by atoms with van der Waals surface area (Å²) in [5, 5.41) is 0.794. The Kier molecular flexibility index (Phi) is 7.92. The van der Waals surface area contributed by atoms with Gasteiger partial charge < -0.3 is 0 Å². The Balaban J connectivity index is 0.000000215. The van der Waals surface area contributed by atoms with Crippen LogP contribution in [-0.2, 0) is 21.7 Å². The van der Waals surface area contributed by atoms with E-state index in [2.05, 4.69) is 0 Å². The van der Waals surface area contributed by atoms with E-state index in [1.54, 1.807) is 0 Å². The molecule has 0 spiro atoms. The van der Waals surface area contributed by atoms with Crippen LogP contribution in [0.1, 0.15) is 0 Å². The minimum absolute atomic E-state index is 0. The zero-order valence-corrected chi connectivity index (χ0v) is 9.47. The van der Waals surface area contributed by atoms with E-state index in [0.717, 1.165) is 5.02 Å². The smallest absolute Gasteiger partial charge is 0.0405 e. The van der Waals surface area contributed by atoms with Gasteiger partial charge in [0, 0.05) is 26.7 Å². The molecule has 0 aliphatic rings. The van der Waals surface area contributed by atoms with Crippen molar-refractivity contribution >= 4 is 11.6 Å². The van der Waals surface area contributed by atoms with E-state index in [1.165, 1.54) is 0 Å². The van der Waals surface area contributed by atoms with Crippen LogP contribution >= 0.6 is 11.6 Å². The fourth-order valence-corrected chi connectivity index (χ4v) is 0.881. The zero-order chi connectivity index (χ0) is 8.65. The molecule has 0 heterocycles. The quantitative estimate of drug-likeness (QED) is 0.473. The van der Waals surface area contributed by atoms with Crippen molar-refractivity contribution in [1.29, 1.82) is 0 Å². The van der Waals surface area contributed by atoms with Gasteiger partial charge in [0.1, 0.15) is 0 Å². The summed E-state index contributed by atoms with van der Waals surface area (Å²) < 4.78 is 0. The van der Waals surface area contributed by atoms with Crippen LogP contribution in [0.15, 0.2) is 60.7 Å². The van der Waals surface area contributed by atoms with Crippen LogP contribution in [0.25, 0.3) is 0 Å². The predicted molar refractivity (Wildman–Crippen MR) is 53.5 cm³/mol. The third-order valence-corrected chi connectivity index (χ3v) is 1.54. The van der Waals surface area contributed by atoms with Crippen LogP contribution < -0.4 is 0 Å². The summed E-state index contributed by atoms with van der Waals surface area (Å²) in [5.74, 6) is 0. The van der Waals surface area contributed by atoms with E-state index in [-0.39, 0.29) is 21.7 Å². The molecule has 66 valence electrons. The molecule has 0 saturated carbocycles. The standard InChI is InChI=1S/C6H5Cl.C5H5.Ti/c7-6-4-2-1-3-5-6;1-2-4-5-3-1;/h1-5H;1-5H;/q;-1;. The Morgan fingerprint density at radius 1 is 0.846 bits per heavy atom. The molecular formula is C11H10ClTi-. The van der Waals surface area contributed by atoms with Crippen LogP contribution in [-0.4, -0.2) is 0 Å². The van der Waals surface area contributed by atoms with Gasteiger partial charge in [-0.15, -0.1) is 0 Å². The van der Waals surface area contributed by atoms with Gasteiger partial charge in [-0.2, -0.15) is 18.2 Å². The molecule has 2 aromatic carbocycles. The van der Waals surface area contributed by atoms with Crippen molar-refractivity contribution in [3.05, 3.63) is 65.7 Å². The molecule has 2 aromatic rings. The molecule has 0 radical (unpaired) electrons. The first-order chi connectivity index (χ1) is 5.89. The summed E-state index contributed by atoms with van der Waals surface area (Å²) in [6.45, 7) is 0. The molecule has 2 rings (SSSR count). The third-order valence-electron chi connectivity index (χ3n) is 1.29. The molecular weight excluding hydrogens is 215 g/mol. The van der Waals surface area contributed by atoms with Gasteiger partial charge >= 0.3 is 0 Å². The average molecular weight is 226 g/mol. The van der Waals surface area contributed by atoms with Crippen molar-refractivity contribution < 1.29 is 21.7 Å². The van der Waals surface area contributed by atoms with Crippen molar-refractivity contribution in [3.8, 4) is 0 Å². The second-order valence-electron chi connectivity index (χ2n) is 2.26. The molecule has 0 aliphatic heterocycles. The molecule has 0 nitrogen and oxygen atoms in total. The van der Waals surface area contributed by atoms with Gasteiger partial charge in [0.25, 0.3) is 0 Å². The Hall–Kier alpha value is -0.426. The predicted octanol–water partition coefficient (Wildman–Crippen LogP) is 3.74. The van der Waals surface area contributed by atoms with Crippen LogP contribution in [0.3, 0.4) is 0 Å².